The predicted octanol–water partition coefficient (Wildman–Crippen LogP) is 4.62. The molecule has 0 heterocycles. The van der Waals surface area contributed by atoms with Gasteiger partial charge in [0.2, 0.25) is 0 Å². The SMILES string of the molecule is CCCOc1ccc(C(C)=Nc2ccccc2)cc1. The second kappa shape index (κ2) is 6.74. The Morgan fingerprint density at radius 3 is 2.32 bits per heavy atom. The van der Waals surface area contributed by atoms with Gasteiger partial charge in [-0.25, -0.2) is 0 Å². The Labute approximate surface area is 114 Å². The highest BCUT2D eigenvalue weighted by Gasteiger charge is 1.99. The fourth-order valence-corrected chi connectivity index (χ4v) is 1.77. The smallest absolute Gasteiger partial charge is 0.119 e. The van der Waals surface area contributed by atoms with Crippen LogP contribution < -0.4 is 4.74 Å². The van der Waals surface area contributed by atoms with Crippen molar-refractivity contribution < 1.29 is 4.74 Å². The zero-order valence-electron chi connectivity index (χ0n) is 11.5. The Bertz CT molecular complexity index is 529. The molecule has 0 saturated carbocycles. The topological polar surface area (TPSA) is 21.6 Å². The molecule has 0 spiro atoms. The van der Waals surface area contributed by atoms with E-state index < -0.39 is 0 Å². The van der Waals surface area contributed by atoms with E-state index >= 15 is 0 Å². The van der Waals surface area contributed by atoms with Crippen LogP contribution in [-0.4, -0.2) is 12.3 Å². The Kier molecular flexibility index (Phi) is 4.73. The third kappa shape index (κ3) is 3.95. The predicted molar refractivity (Wildman–Crippen MR) is 80.5 cm³/mol. The maximum atomic E-state index is 5.57. The van der Waals surface area contributed by atoms with E-state index in [9.17, 15) is 0 Å². The maximum absolute atomic E-state index is 5.57. The summed E-state index contributed by atoms with van der Waals surface area (Å²) in [5.41, 5.74) is 3.10. The average molecular weight is 253 g/mol. The summed E-state index contributed by atoms with van der Waals surface area (Å²) in [6, 6.07) is 18.1. The van der Waals surface area contributed by atoms with Gasteiger partial charge >= 0.3 is 0 Å². The van der Waals surface area contributed by atoms with Gasteiger partial charge in [0, 0.05) is 5.71 Å². The molecule has 2 rings (SSSR count). The van der Waals surface area contributed by atoms with Gasteiger partial charge in [-0.2, -0.15) is 0 Å². The summed E-state index contributed by atoms with van der Waals surface area (Å²) in [5.74, 6) is 0.915. The van der Waals surface area contributed by atoms with Crippen LogP contribution in [0.1, 0.15) is 25.8 Å². The van der Waals surface area contributed by atoms with Crippen LogP contribution in [0, 0.1) is 0 Å². The van der Waals surface area contributed by atoms with Crippen LogP contribution in [0.3, 0.4) is 0 Å². The molecule has 98 valence electrons. The Morgan fingerprint density at radius 2 is 1.68 bits per heavy atom. The monoisotopic (exact) mass is 253 g/mol. The summed E-state index contributed by atoms with van der Waals surface area (Å²) < 4.78 is 5.57. The molecule has 0 saturated heterocycles. The molecule has 0 aliphatic carbocycles. The molecule has 0 aliphatic heterocycles. The molecule has 2 nitrogen and oxygen atoms in total. The number of hydrogen-bond acceptors (Lipinski definition) is 2. The molecule has 0 amide bonds. The number of rotatable bonds is 5. The molecule has 2 aromatic rings. The minimum Gasteiger partial charge on any atom is -0.494 e. The van der Waals surface area contributed by atoms with Gasteiger partial charge in [0.25, 0.3) is 0 Å². The van der Waals surface area contributed by atoms with E-state index in [0.717, 1.165) is 35.7 Å². The summed E-state index contributed by atoms with van der Waals surface area (Å²) in [6.45, 7) is 4.89. The van der Waals surface area contributed by atoms with Crippen molar-refractivity contribution in [3.63, 3.8) is 0 Å². The standard InChI is InChI=1S/C17H19NO/c1-3-13-19-17-11-9-15(10-12-17)14(2)18-16-7-5-4-6-8-16/h4-12H,3,13H2,1-2H3. The van der Waals surface area contributed by atoms with Crippen LogP contribution in [0.15, 0.2) is 59.6 Å². The summed E-state index contributed by atoms with van der Waals surface area (Å²) in [5, 5.41) is 0. The van der Waals surface area contributed by atoms with Crippen LogP contribution in [0.2, 0.25) is 0 Å². The maximum Gasteiger partial charge on any atom is 0.119 e. The van der Waals surface area contributed by atoms with Crippen LogP contribution >= 0.6 is 0 Å². The summed E-state index contributed by atoms with van der Waals surface area (Å²) in [7, 11) is 0. The number of benzene rings is 2. The lowest BCUT2D eigenvalue weighted by Gasteiger charge is -2.06. The van der Waals surface area contributed by atoms with Crippen LogP contribution in [-0.2, 0) is 0 Å². The molecule has 0 aromatic heterocycles. The molecule has 0 fully saturated rings. The van der Waals surface area contributed by atoms with E-state index in [1.54, 1.807) is 0 Å². The average Bonchev–Trinajstić information content (AvgIpc) is 2.46. The lowest BCUT2D eigenvalue weighted by molar-refractivity contribution is 0.317. The highest BCUT2D eigenvalue weighted by Crippen LogP contribution is 2.16. The zero-order valence-corrected chi connectivity index (χ0v) is 11.5. The van der Waals surface area contributed by atoms with Gasteiger partial charge < -0.3 is 4.74 Å². The van der Waals surface area contributed by atoms with Gasteiger partial charge in [-0.1, -0.05) is 25.1 Å². The number of aliphatic imine (C=N–C) groups is 1. The quantitative estimate of drug-likeness (QED) is 0.713. The van der Waals surface area contributed by atoms with E-state index in [1.807, 2.05) is 61.5 Å². The second-order valence-electron chi connectivity index (χ2n) is 4.41. The van der Waals surface area contributed by atoms with Crippen molar-refractivity contribution in [2.75, 3.05) is 6.61 Å². The van der Waals surface area contributed by atoms with Crippen LogP contribution in [0.25, 0.3) is 0 Å². The minimum absolute atomic E-state index is 0.760. The van der Waals surface area contributed by atoms with Gasteiger partial charge in [0.05, 0.1) is 12.3 Å². The van der Waals surface area contributed by atoms with E-state index in [0.29, 0.717) is 0 Å². The first-order valence-electron chi connectivity index (χ1n) is 6.63. The highest BCUT2D eigenvalue weighted by atomic mass is 16.5. The molecule has 2 aromatic carbocycles. The van der Waals surface area contributed by atoms with Crippen molar-refractivity contribution in [2.45, 2.75) is 20.3 Å². The Hall–Kier alpha value is -2.09. The molecule has 0 unspecified atom stereocenters. The lowest BCUT2D eigenvalue weighted by atomic mass is 10.1. The van der Waals surface area contributed by atoms with Crippen molar-refractivity contribution in [1.82, 2.24) is 0 Å². The summed E-state index contributed by atoms with van der Waals surface area (Å²) in [6.07, 6.45) is 1.02. The van der Waals surface area contributed by atoms with Crippen molar-refractivity contribution in [3.05, 3.63) is 60.2 Å². The zero-order chi connectivity index (χ0) is 13.5. The fraction of sp³-hybridized carbons (Fsp3) is 0.235. The molecule has 19 heavy (non-hydrogen) atoms. The molecule has 0 atom stereocenters. The third-order valence-corrected chi connectivity index (χ3v) is 2.80. The van der Waals surface area contributed by atoms with Crippen molar-refractivity contribution in [2.24, 2.45) is 4.99 Å². The molecule has 0 bridgehead atoms. The van der Waals surface area contributed by atoms with E-state index in [-0.39, 0.29) is 0 Å². The lowest BCUT2D eigenvalue weighted by Crippen LogP contribution is -1.97. The largest absolute Gasteiger partial charge is 0.494 e. The highest BCUT2D eigenvalue weighted by molar-refractivity contribution is 6.00. The van der Waals surface area contributed by atoms with E-state index in [4.69, 9.17) is 4.74 Å². The Balaban J connectivity index is 2.11. The first-order chi connectivity index (χ1) is 9.29. The third-order valence-electron chi connectivity index (χ3n) is 2.80. The molecule has 0 aliphatic rings. The minimum atomic E-state index is 0.760. The van der Waals surface area contributed by atoms with Gasteiger partial charge in [0.15, 0.2) is 0 Å². The number of ether oxygens (including phenoxy) is 1. The molecule has 2 heteroatoms. The van der Waals surface area contributed by atoms with E-state index in [1.165, 1.54) is 0 Å². The molecule has 0 radical (unpaired) electrons. The van der Waals surface area contributed by atoms with Crippen molar-refractivity contribution >= 4 is 11.4 Å². The molecular weight excluding hydrogens is 234 g/mol. The van der Waals surface area contributed by atoms with Gasteiger partial charge in [-0.15, -0.1) is 0 Å². The fourth-order valence-electron chi connectivity index (χ4n) is 1.77. The molecular formula is C17H19NO. The first-order valence-corrected chi connectivity index (χ1v) is 6.63. The van der Waals surface area contributed by atoms with Gasteiger partial charge in [-0.3, -0.25) is 4.99 Å². The van der Waals surface area contributed by atoms with Crippen molar-refractivity contribution in [3.8, 4) is 5.75 Å². The molecule has 0 N–H and O–H groups in total. The van der Waals surface area contributed by atoms with Gasteiger partial charge in [0.1, 0.15) is 5.75 Å². The first kappa shape index (κ1) is 13.3. The van der Waals surface area contributed by atoms with Crippen LogP contribution in [0.4, 0.5) is 5.69 Å². The normalized spacial score (nSPS) is 11.4. The van der Waals surface area contributed by atoms with E-state index in [2.05, 4.69) is 11.9 Å². The summed E-state index contributed by atoms with van der Waals surface area (Å²) in [4.78, 5) is 4.60. The van der Waals surface area contributed by atoms with Crippen LogP contribution in [0.5, 0.6) is 5.75 Å². The van der Waals surface area contributed by atoms with Crippen molar-refractivity contribution in [1.29, 1.82) is 0 Å². The Morgan fingerprint density at radius 1 is 1.00 bits per heavy atom. The van der Waals surface area contributed by atoms with Gasteiger partial charge in [-0.05, 0) is 55.3 Å². The number of para-hydroxylation sites is 1. The number of nitrogens with zero attached hydrogens (tertiary/aromatic N) is 1. The number of hydrogen-bond donors (Lipinski definition) is 0. The second-order valence-corrected chi connectivity index (χ2v) is 4.41. The summed E-state index contributed by atoms with van der Waals surface area (Å²) >= 11 is 0.